The van der Waals surface area contributed by atoms with Crippen molar-refractivity contribution in [3.8, 4) is 5.75 Å². The summed E-state index contributed by atoms with van der Waals surface area (Å²) in [4.78, 5) is 12.2. The van der Waals surface area contributed by atoms with Crippen molar-refractivity contribution in [1.29, 1.82) is 0 Å². The molecule has 1 heterocycles. The second-order valence-corrected chi connectivity index (χ2v) is 6.95. The molecule has 110 valence electrons. The Hall–Kier alpha value is -1.55. The molecule has 4 heteroatoms. The number of carbonyl (C=O) groups excluding carboxylic acids is 1. The number of anilines is 1. The van der Waals surface area contributed by atoms with Crippen molar-refractivity contribution in [1.82, 2.24) is 5.32 Å². The lowest BCUT2D eigenvalue weighted by Gasteiger charge is -2.33. The number of Topliss-reactive ketones (excluding diaryl/α,β-unsaturated/α-hetero) is 1. The molecule has 1 aromatic rings. The molecule has 0 saturated carbocycles. The van der Waals surface area contributed by atoms with Gasteiger partial charge in [-0.05, 0) is 52.8 Å². The minimum atomic E-state index is -0.216. The Morgan fingerprint density at radius 3 is 2.75 bits per heavy atom. The van der Waals surface area contributed by atoms with Crippen LogP contribution >= 0.6 is 0 Å². The van der Waals surface area contributed by atoms with E-state index in [-0.39, 0.29) is 16.9 Å². The van der Waals surface area contributed by atoms with Crippen LogP contribution in [-0.4, -0.2) is 30.0 Å². The van der Waals surface area contributed by atoms with Gasteiger partial charge in [0.25, 0.3) is 0 Å². The summed E-state index contributed by atoms with van der Waals surface area (Å²) < 4.78 is 5.88. The summed E-state index contributed by atoms with van der Waals surface area (Å²) in [7, 11) is 0. The van der Waals surface area contributed by atoms with Gasteiger partial charge < -0.3 is 15.4 Å². The number of rotatable bonds is 3. The lowest BCUT2D eigenvalue weighted by molar-refractivity contribution is 0.0981. The topological polar surface area (TPSA) is 50.4 Å². The highest BCUT2D eigenvalue weighted by Crippen LogP contribution is 2.33. The third-order valence-electron chi connectivity index (χ3n) is 3.17. The van der Waals surface area contributed by atoms with Crippen molar-refractivity contribution in [3.63, 3.8) is 0 Å². The molecule has 0 aliphatic carbocycles. The van der Waals surface area contributed by atoms with Gasteiger partial charge in [0.1, 0.15) is 11.4 Å². The van der Waals surface area contributed by atoms with E-state index in [1.165, 1.54) is 0 Å². The van der Waals surface area contributed by atoms with E-state index in [4.69, 9.17) is 4.74 Å². The first-order valence-corrected chi connectivity index (χ1v) is 7.01. The molecule has 0 amide bonds. The molecule has 0 saturated heterocycles. The Morgan fingerprint density at radius 1 is 1.40 bits per heavy atom. The van der Waals surface area contributed by atoms with Crippen molar-refractivity contribution in [2.75, 3.05) is 18.4 Å². The van der Waals surface area contributed by atoms with Crippen LogP contribution in [0.1, 0.15) is 45.0 Å². The van der Waals surface area contributed by atoms with Gasteiger partial charge in [0.05, 0.1) is 18.8 Å². The molecule has 20 heavy (non-hydrogen) atoms. The number of carbonyl (C=O) groups is 1. The molecule has 0 bridgehead atoms. The van der Waals surface area contributed by atoms with Crippen LogP contribution in [-0.2, 0) is 0 Å². The van der Waals surface area contributed by atoms with Crippen LogP contribution in [0.25, 0.3) is 0 Å². The molecule has 1 aliphatic heterocycles. The fourth-order valence-corrected chi connectivity index (χ4v) is 2.02. The SMILES string of the molecule is CC(C)(C)NCC(=O)c1ccc2c(c1)NCC(C)(C)O2. The van der Waals surface area contributed by atoms with Crippen LogP contribution in [0, 0.1) is 0 Å². The van der Waals surface area contributed by atoms with Gasteiger partial charge in [-0.3, -0.25) is 4.79 Å². The first-order valence-electron chi connectivity index (χ1n) is 7.01. The number of ether oxygens (including phenoxy) is 1. The number of hydrogen-bond acceptors (Lipinski definition) is 4. The van der Waals surface area contributed by atoms with Gasteiger partial charge in [-0.1, -0.05) is 0 Å². The zero-order valence-electron chi connectivity index (χ0n) is 13.0. The average Bonchev–Trinajstić information content (AvgIpc) is 2.33. The maximum atomic E-state index is 12.2. The molecule has 1 aliphatic rings. The normalized spacial score (nSPS) is 16.9. The molecule has 2 N–H and O–H groups in total. The van der Waals surface area contributed by atoms with Gasteiger partial charge in [0.15, 0.2) is 5.78 Å². The molecular weight excluding hydrogens is 252 g/mol. The summed E-state index contributed by atoms with van der Waals surface area (Å²) in [6.45, 7) is 11.3. The van der Waals surface area contributed by atoms with E-state index in [9.17, 15) is 4.79 Å². The van der Waals surface area contributed by atoms with Gasteiger partial charge in [0.2, 0.25) is 0 Å². The fraction of sp³-hybridized carbons (Fsp3) is 0.562. The van der Waals surface area contributed by atoms with Crippen LogP contribution in [0.3, 0.4) is 0 Å². The third kappa shape index (κ3) is 3.73. The van der Waals surface area contributed by atoms with Crippen LogP contribution in [0.5, 0.6) is 5.75 Å². The van der Waals surface area contributed by atoms with E-state index in [1.807, 2.05) is 52.8 Å². The standard InChI is InChI=1S/C16H24N2O2/c1-15(2,3)18-9-13(19)11-6-7-14-12(8-11)17-10-16(4,5)20-14/h6-8,17-18H,9-10H2,1-5H3. The largest absolute Gasteiger partial charge is 0.484 e. The Balaban J connectivity index is 2.10. The zero-order valence-corrected chi connectivity index (χ0v) is 13.0. The fourth-order valence-electron chi connectivity index (χ4n) is 2.02. The highest BCUT2D eigenvalue weighted by molar-refractivity contribution is 5.98. The molecule has 1 aromatic carbocycles. The Kier molecular flexibility index (Phi) is 3.78. The van der Waals surface area contributed by atoms with Gasteiger partial charge in [-0.15, -0.1) is 0 Å². The van der Waals surface area contributed by atoms with E-state index in [2.05, 4.69) is 10.6 Å². The molecule has 4 nitrogen and oxygen atoms in total. The maximum absolute atomic E-state index is 12.2. The quantitative estimate of drug-likeness (QED) is 0.834. The van der Waals surface area contributed by atoms with Crippen molar-refractivity contribution in [3.05, 3.63) is 23.8 Å². The first-order chi connectivity index (χ1) is 9.16. The molecule has 0 spiro atoms. The molecular formula is C16H24N2O2. The van der Waals surface area contributed by atoms with Crippen LogP contribution < -0.4 is 15.4 Å². The van der Waals surface area contributed by atoms with E-state index < -0.39 is 0 Å². The average molecular weight is 276 g/mol. The highest BCUT2D eigenvalue weighted by atomic mass is 16.5. The summed E-state index contributed by atoms with van der Waals surface area (Å²) in [5.74, 6) is 0.899. The number of benzene rings is 1. The smallest absolute Gasteiger partial charge is 0.176 e. The Morgan fingerprint density at radius 2 is 2.10 bits per heavy atom. The van der Waals surface area contributed by atoms with Gasteiger partial charge in [-0.2, -0.15) is 0 Å². The molecule has 0 radical (unpaired) electrons. The summed E-state index contributed by atoms with van der Waals surface area (Å²) in [5.41, 5.74) is 1.32. The molecule has 0 atom stereocenters. The number of hydrogen-bond donors (Lipinski definition) is 2. The lowest BCUT2D eigenvalue weighted by Crippen LogP contribution is -2.40. The zero-order chi connectivity index (χ0) is 15.0. The van der Waals surface area contributed by atoms with Gasteiger partial charge >= 0.3 is 0 Å². The number of fused-ring (bicyclic) bond motifs is 1. The Bertz CT molecular complexity index is 516. The number of ketones is 1. The minimum Gasteiger partial charge on any atom is -0.484 e. The second-order valence-electron chi connectivity index (χ2n) is 6.95. The van der Waals surface area contributed by atoms with Crippen molar-refractivity contribution in [2.45, 2.75) is 45.8 Å². The van der Waals surface area contributed by atoms with Crippen molar-refractivity contribution < 1.29 is 9.53 Å². The van der Waals surface area contributed by atoms with Gasteiger partial charge in [0, 0.05) is 11.1 Å². The van der Waals surface area contributed by atoms with E-state index in [1.54, 1.807) is 0 Å². The summed E-state index contributed by atoms with van der Waals surface area (Å²) >= 11 is 0. The summed E-state index contributed by atoms with van der Waals surface area (Å²) in [6.07, 6.45) is 0. The van der Waals surface area contributed by atoms with Crippen molar-refractivity contribution >= 4 is 11.5 Å². The lowest BCUT2D eigenvalue weighted by atomic mass is 10.0. The molecule has 2 rings (SSSR count). The minimum absolute atomic E-state index is 0.0603. The molecule has 0 unspecified atom stereocenters. The summed E-state index contributed by atoms with van der Waals surface area (Å²) in [5, 5.41) is 6.53. The predicted octanol–water partition coefficient (Wildman–Crippen LogP) is 2.84. The first kappa shape index (κ1) is 14.9. The monoisotopic (exact) mass is 276 g/mol. The van der Waals surface area contributed by atoms with Crippen molar-refractivity contribution in [2.24, 2.45) is 0 Å². The second kappa shape index (κ2) is 5.09. The maximum Gasteiger partial charge on any atom is 0.176 e. The summed E-state index contributed by atoms with van der Waals surface area (Å²) in [6, 6.07) is 5.57. The molecule has 0 aromatic heterocycles. The van der Waals surface area contributed by atoms with E-state index in [0.29, 0.717) is 12.1 Å². The number of nitrogens with one attached hydrogen (secondary N) is 2. The highest BCUT2D eigenvalue weighted by Gasteiger charge is 2.26. The Labute approximate surface area is 120 Å². The van der Waals surface area contributed by atoms with Crippen LogP contribution in [0.2, 0.25) is 0 Å². The van der Waals surface area contributed by atoms with Crippen LogP contribution in [0.4, 0.5) is 5.69 Å². The third-order valence-corrected chi connectivity index (χ3v) is 3.17. The predicted molar refractivity (Wildman–Crippen MR) is 81.7 cm³/mol. The van der Waals surface area contributed by atoms with E-state index >= 15 is 0 Å². The molecule has 0 fully saturated rings. The van der Waals surface area contributed by atoms with Gasteiger partial charge in [-0.25, -0.2) is 0 Å². The van der Waals surface area contributed by atoms with E-state index in [0.717, 1.165) is 18.0 Å². The van der Waals surface area contributed by atoms with Crippen LogP contribution in [0.15, 0.2) is 18.2 Å².